The third-order valence-corrected chi connectivity index (χ3v) is 3.08. The second kappa shape index (κ2) is 4.13. The van der Waals surface area contributed by atoms with Crippen molar-refractivity contribution < 1.29 is 13.2 Å². The molecule has 2 nitrogen and oxygen atoms in total. The Kier molecular flexibility index (Phi) is 2.97. The Hall–Kier alpha value is -0.970. The molecular formula is C11H15F3N2. The number of alkyl halides is 3. The normalized spacial score (nSPS) is 20.9. The van der Waals surface area contributed by atoms with Crippen molar-refractivity contribution in [3.8, 4) is 0 Å². The number of aryl methyl sites for hydroxylation is 1. The van der Waals surface area contributed by atoms with Crippen molar-refractivity contribution in [2.75, 3.05) is 0 Å². The Balaban J connectivity index is 2.11. The molecule has 2 rings (SSSR count). The predicted octanol–water partition coefficient (Wildman–Crippen LogP) is 2.78. The SMILES string of the molecule is NC1CCCc2c1ccn2CCC(F)(F)F. The van der Waals surface area contributed by atoms with Gasteiger partial charge in [0.1, 0.15) is 0 Å². The summed E-state index contributed by atoms with van der Waals surface area (Å²) in [7, 11) is 0. The number of nitrogens with two attached hydrogens (primary N) is 1. The summed E-state index contributed by atoms with van der Waals surface area (Å²) in [6.07, 6.45) is -0.409. The first-order valence-corrected chi connectivity index (χ1v) is 5.47. The predicted molar refractivity (Wildman–Crippen MR) is 55.0 cm³/mol. The van der Waals surface area contributed by atoms with Crippen LogP contribution in [0.3, 0.4) is 0 Å². The van der Waals surface area contributed by atoms with Crippen LogP contribution in [0.15, 0.2) is 12.3 Å². The Bertz CT molecular complexity index is 368. The highest BCUT2D eigenvalue weighted by Crippen LogP contribution is 2.30. The summed E-state index contributed by atoms with van der Waals surface area (Å²) in [5, 5.41) is 0. The molecule has 1 aromatic rings. The summed E-state index contributed by atoms with van der Waals surface area (Å²) in [6, 6.07) is 1.85. The molecule has 0 spiro atoms. The molecule has 1 atom stereocenters. The number of rotatable bonds is 2. The molecule has 0 saturated heterocycles. The lowest BCUT2D eigenvalue weighted by molar-refractivity contribution is -0.136. The van der Waals surface area contributed by atoms with E-state index in [0.29, 0.717) is 0 Å². The van der Waals surface area contributed by atoms with E-state index < -0.39 is 12.6 Å². The maximum absolute atomic E-state index is 12.1. The minimum absolute atomic E-state index is 0.00381. The molecule has 0 aromatic carbocycles. The number of halogens is 3. The molecule has 0 bridgehead atoms. The van der Waals surface area contributed by atoms with Gasteiger partial charge in [-0.05, 0) is 30.9 Å². The lowest BCUT2D eigenvalue weighted by Crippen LogP contribution is -2.19. The Morgan fingerprint density at radius 3 is 2.88 bits per heavy atom. The van der Waals surface area contributed by atoms with Crippen LogP contribution in [0.25, 0.3) is 0 Å². The molecule has 0 fully saturated rings. The Labute approximate surface area is 92.2 Å². The van der Waals surface area contributed by atoms with Crippen molar-refractivity contribution in [1.29, 1.82) is 0 Å². The number of aromatic nitrogens is 1. The topological polar surface area (TPSA) is 30.9 Å². The zero-order valence-electron chi connectivity index (χ0n) is 8.93. The molecule has 16 heavy (non-hydrogen) atoms. The van der Waals surface area contributed by atoms with Crippen molar-refractivity contribution in [2.24, 2.45) is 5.73 Å². The standard InChI is InChI=1S/C11H15F3N2/c12-11(13,14)5-7-16-6-4-8-9(15)2-1-3-10(8)16/h4,6,9H,1-3,5,7,15H2. The maximum Gasteiger partial charge on any atom is 0.390 e. The van der Waals surface area contributed by atoms with Crippen LogP contribution in [-0.4, -0.2) is 10.7 Å². The number of hydrogen-bond acceptors (Lipinski definition) is 1. The molecule has 1 unspecified atom stereocenters. The van der Waals surface area contributed by atoms with E-state index in [4.69, 9.17) is 5.73 Å². The van der Waals surface area contributed by atoms with E-state index in [0.717, 1.165) is 30.5 Å². The minimum Gasteiger partial charge on any atom is -0.351 e. The summed E-state index contributed by atoms with van der Waals surface area (Å²) in [5.74, 6) is 0. The van der Waals surface area contributed by atoms with E-state index >= 15 is 0 Å². The quantitative estimate of drug-likeness (QED) is 0.835. The number of fused-ring (bicyclic) bond motifs is 1. The minimum atomic E-state index is -4.09. The van der Waals surface area contributed by atoms with Gasteiger partial charge >= 0.3 is 6.18 Å². The van der Waals surface area contributed by atoms with Crippen molar-refractivity contribution in [3.05, 3.63) is 23.5 Å². The van der Waals surface area contributed by atoms with Gasteiger partial charge in [-0.1, -0.05) is 0 Å². The molecule has 1 aliphatic carbocycles. The molecule has 1 heterocycles. The molecular weight excluding hydrogens is 217 g/mol. The molecule has 1 aliphatic rings. The third kappa shape index (κ3) is 2.40. The van der Waals surface area contributed by atoms with Crippen LogP contribution >= 0.6 is 0 Å². The van der Waals surface area contributed by atoms with Gasteiger partial charge in [-0.25, -0.2) is 0 Å². The maximum atomic E-state index is 12.1. The van der Waals surface area contributed by atoms with Crippen molar-refractivity contribution in [2.45, 2.75) is 44.4 Å². The van der Waals surface area contributed by atoms with Crippen LogP contribution in [0.4, 0.5) is 13.2 Å². The largest absolute Gasteiger partial charge is 0.390 e. The zero-order chi connectivity index (χ0) is 11.8. The van der Waals surface area contributed by atoms with E-state index in [1.165, 1.54) is 0 Å². The fraction of sp³-hybridized carbons (Fsp3) is 0.636. The van der Waals surface area contributed by atoms with Gasteiger partial charge in [0.2, 0.25) is 0 Å². The van der Waals surface area contributed by atoms with Gasteiger partial charge in [0.15, 0.2) is 0 Å². The summed E-state index contributed by atoms with van der Waals surface area (Å²) < 4.78 is 38.1. The Morgan fingerprint density at radius 2 is 2.19 bits per heavy atom. The third-order valence-electron chi connectivity index (χ3n) is 3.08. The van der Waals surface area contributed by atoms with Gasteiger partial charge in [0.25, 0.3) is 0 Å². The van der Waals surface area contributed by atoms with Crippen molar-refractivity contribution in [3.63, 3.8) is 0 Å². The number of hydrogen-bond donors (Lipinski definition) is 1. The first-order valence-electron chi connectivity index (χ1n) is 5.47. The lowest BCUT2D eigenvalue weighted by atomic mass is 9.94. The molecule has 0 aliphatic heterocycles. The molecule has 90 valence electrons. The van der Waals surface area contributed by atoms with E-state index in [1.807, 2.05) is 6.07 Å². The first kappa shape index (κ1) is 11.5. The van der Waals surface area contributed by atoms with Gasteiger partial charge in [0, 0.05) is 24.5 Å². The smallest absolute Gasteiger partial charge is 0.351 e. The molecule has 0 radical (unpaired) electrons. The second-order valence-corrected chi connectivity index (χ2v) is 4.28. The highest BCUT2D eigenvalue weighted by molar-refractivity contribution is 5.28. The summed E-state index contributed by atoms with van der Waals surface area (Å²) in [5.41, 5.74) is 7.92. The van der Waals surface area contributed by atoms with E-state index in [2.05, 4.69) is 0 Å². The average Bonchev–Trinajstić information content (AvgIpc) is 2.58. The Morgan fingerprint density at radius 1 is 1.44 bits per heavy atom. The van der Waals surface area contributed by atoms with Crippen molar-refractivity contribution in [1.82, 2.24) is 4.57 Å². The van der Waals surface area contributed by atoms with Crippen LogP contribution in [-0.2, 0) is 13.0 Å². The van der Waals surface area contributed by atoms with Crippen LogP contribution in [0.2, 0.25) is 0 Å². The van der Waals surface area contributed by atoms with E-state index in [-0.39, 0.29) is 12.6 Å². The second-order valence-electron chi connectivity index (χ2n) is 4.28. The van der Waals surface area contributed by atoms with Crippen LogP contribution < -0.4 is 5.73 Å². The summed E-state index contributed by atoms with van der Waals surface area (Å²) in [4.78, 5) is 0. The lowest BCUT2D eigenvalue weighted by Gasteiger charge is -2.21. The van der Waals surface area contributed by atoms with Crippen LogP contribution in [0.5, 0.6) is 0 Å². The summed E-state index contributed by atoms with van der Waals surface area (Å²) in [6.45, 7) is 0.00551. The molecule has 1 aromatic heterocycles. The molecule has 5 heteroatoms. The van der Waals surface area contributed by atoms with Crippen molar-refractivity contribution >= 4 is 0 Å². The summed E-state index contributed by atoms with van der Waals surface area (Å²) >= 11 is 0. The van der Waals surface area contributed by atoms with Gasteiger partial charge in [-0.3, -0.25) is 0 Å². The van der Waals surface area contributed by atoms with Gasteiger partial charge in [0.05, 0.1) is 6.42 Å². The molecule has 0 amide bonds. The van der Waals surface area contributed by atoms with E-state index in [9.17, 15) is 13.2 Å². The van der Waals surface area contributed by atoms with Gasteiger partial charge in [-0.15, -0.1) is 0 Å². The van der Waals surface area contributed by atoms with Crippen LogP contribution in [0, 0.1) is 0 Å². The zero-order valence-corrected chi connectivity index (χ0v) is 8.93. The fourth-order valence-corrected chi connectivity index (χ4v) is 2.25. The fourth-order valence-electron chi connectivity index (χ4n) is 2.25. The number of nitrogens with zero attached hydrogens (tertiary/aromatic N) is 1. The first-order chi connectivity index (χ1) is 7.47. The average molecular weight is 232 g/mol. The van der Waals surface area contributed by atoms with Crippen LogP contribution in [0.1, 0.15) is 36.6 Å². The molecule has 2 N–H and O–H groups in total. The van der Waals surface area contributed by atoms with Gasteiger partial charge < -0.3 is 10.3 Å². The van der Waals surface area contributed by atoms with E-state index in [1.54, 1.807) is 10.8 Å². The highest BCUT2D eigenvalue weighted by atomic mass is 19.4. The monoisotopic (exact) mass is 232 g/mol. The molecule has 0 saturated carbocycles. The van der Waals surface area contributed by atoms with Gasteiger partial charge in [-0.2, -0.15) is 13.2 Å². The highest BCUT2D eigenvalue weighted by Gasteiger charge is 2.28.